The molecular formula is C12H8BrNO2S. The van der Waals surface area contributed by atoms with Gasteiger partial charge in [0.1, 0.15) is 0 Å². The van der Waals surface area contributed by atoms with Crippen LogP contribution in [0.15, 0.2) is 57.0 Å². The van der Waals surface area contributed by atoms with Crippen molar-refractivity contribution in [3.63, 3.8) is 0 Å². The number of pyridine rings is 1. The highest BCUT2D eigenvalue weighted by Crippen LogP contribution is 2.30. The summed E-state index contributed by atoms with van der Waals surface area (Å²) in [6, 6.07) is 8.88. The Morgan fingerprint density at radius 2 is 1.88 bits per heavy atom. The van der Waals surface area contributed by atoms with E-state index in [-0.39, 0.29) is 5.56 Å². The predicted molar refractivity (Wildman–Crippen MR) is 69.5 cm³/mol. The molecule has 1 aromatic carbocycles. The Morgan fingerprint density at radius 3 is 2.53 bits per heavy atom. The highest BCUT2D eigenvalue weighted by Gasteiger charge is 2.07. The van der Waals surface area contributed by atoms with Crippen LogP contribution in [0.2, 0.25) is 0 Å². The molecular weight excluding hydrogens is 302 g/mol. The summed E-state index contributed by atoms with van der Waals surface area (Å²) >= 11 is 4.81. The van der Waals surface area contributed by atoms with Gasteiger partial charge in [0.15, 0.2) is 0 Å². The van der Waals surface area contributed by atoms with E-state index in [2.05, 4.69) is 20.9 Å². The minimum absolute atomic E-state index is 0.274. The number of hydrogen-bond acceptors (Lipinski definition) is 3. The van der Waals surface area contributed by atoms with E-state index in [0.29, 0.717) is 0 Å². The van der Waals surface area contributed by atoms with E-state index in [0.717, 1.165) is 14.3 Å². The van der Waals surface area contributed by atoms with Crippen LogP contribution in [-0.2, 0) is 0 Å². The van der Waals surface area contributed by atoms with Crippen LogP contribution in [0.5, 0.6) is 0 Å². The molecule has 0 fully saturated rings. The summed E-state index contributed by atoms with van der Waals surface area (Å²) in [7, 11) is 0. The number of halogens is 1. The van der Waals surface area contributed by atoms with Crippen molar-refractivity contribution >= 4 is 33.7 Å². The molecule has 0 aliphatic heterocycles. The lowest BCUT2D eigenvalue weighted by atomic mass is 10.2. The summed E-state index contributed by atoms with van der Waals surface area (Å²) < 4.78 is 0.758. The van der Waals surface area contributed by atoms with E-state index in [4.69, 9.17) is 5.11 Å². The largest absolute Gasteiger partial charge is 0.478 e. The van der Waals surface area contributed by atoms with Gasteiger partial charge in [-0.2, -0.15) is 0 Å². The fraction of sp³-hybridized carbons (Fsp3) is 0. The van der Waals surface area contributed by atoms with Gasteiger partial charge in [0.25, 0.3) is 0 Å². The number of carboxylic acids is 1. The van der Waals surface area contributed by atoms with E-state index in [1.165, 1.54) is 11.8 Å². The summed E-state index contributed by atoms with van der Waals surface area (Å²) in [4.78, 5) is 16.8. The second-order valence-electron chi connectivity index (χ2n) is 3.27. The van der Waals surface area contributed by atoms with Crippen molar-refractivity contribution in [3.05, 3.63) is 52.8 Å². The third kappa shape index (κ3) is 3.31. The molecule has 1 N–H and O–H groups in total. The van der Waals surface area contributed by atoms with Gasteiger partial charge in [0.05, 0.1) is 5.56 Å². The summed E-state index contributed by atoms with van der Waals surface area (Å²) in [6.45, 7) is 0. The summed E-state index contributed by atoms with van der Waals surface area (Å²) in [5.74, 6) is -0.928. The van der Waals surface area contributed by atoms with Gasteiger partial charge in [-0.25, -0.2) is 4.79 Å². The van der Waals surface area contributed by atoms with Crippen LogP contribution in [0.4, 0.5) is 0 Å². The fourth-order valence-electron chi connectivity index (χ4n) is 1.29. The van der Waals surface area contributed by atoms with Crippen LogP contribution >= 0.6 is 27.7 Å². The van der Waals surface area contributed by atoms with Gasteiger partial charge in [-0.05, 0) is 30.3 Å². The molecule has 0 aliphatic rings. The molecule has 0 amide bonds. The molecule has 86 valence electrons. The molecule has 0 spiro atoms. The molecule has 0 saturated carbocycles. The second kappa shape index (κ2) is 5.33. The third-order valence-corrected chi connectivity index (χ3v) is 3.44. The Morgan fingerprint density at radius 1 is 1.18 bits per heavy atom. The van der Waals surface area contributed by atoms with Crippen molar-refractivity contribution in [2.24, 2.45) is 0 Å². The standard InChI is InChI=1S/C12H8BrNO2S/c13-9-5-8(12(15)16)6-11(7-9)17-10-1-3-14-4-2-10/h1-7H,(H,15,16). The van der Waals surface area contributed by atoms with Crippen LogP contribution in [0, 0.1) is 0 Å². The first-order valence-corrected chi connectivity index (χ1v) is 6.38. The van der Waals surface area contributed by atoms with E-state index in [1.54, 1.807) is 24.5 Å². The van der Waals surface area contributed by atoms with Gasteiger partial charge in [-0.15, -0.1) is 0 Å². The van der Waals surface area contributed by atoms with Crippen LogP contribution in [0.3, 0.4) is 0 Å². The lowest BCUT2D eigenvalue weighted by molar-refractivity contribution is 0.0696. The van der Waals surface area contributed by atoms with Crippen LogP contribution in [0.1, 0.15) is 10.4 Å². The maximum absolute atomic E-state index is 10.9. The second-order valence-corrected chi connectivity index (χ2v) is 5.33. The third-order valence-electron chi connectivity index (χ3n) is 2.00. The number of aromatic nitrogens is 1. The first kappa shape index (κ1) is 12.1. The van der Waals surface area contributed by atoms with Gasteiger partial charge in [-0.3, -0.25) is 4.98 Å². The smallest absolute Gasteiger partial charge is 0.335 e. The van der Waals surface area contributed by atoms with Gasteiger partial charge in [0.2, 0.25) is 0 Å². The molecule has 17 heavy (non-hydrogen) atoms. The predicted octanol–water partition coefficient (Wildman–Crippen LogP) is 3.69. The Balaban J connectivity index is 2.30. The number of carbonyl (C=O) groups is 1. The molecule has 0 atom stereocenters. The molecule has 3 nitrogen and oxygen atoms in total. The summed E-state index contributed by atoms with van der Waals surface area (Å²) in [6.07, 6.45) is 3.41. The zero-order chi connectivity index (χ0) is 12.3. The van der Waals surface area contributed by atoms with Crippen LogP contribution < -0.4 is 0 Å². The molecule has 2 aromatic rings. The maximum Gasteiger partial charge on any atom is 0.335 e. The van der Waals surface area contributed by atoms with Gasteiger partial charge >= 0.3 is 5.97 Å². The first-order valence-electron chi connectivity index (χ1n) is 4.77. The molecule has 2 rings (SSSR count). The lowest BCUT2D eigenvalue weighted by Crippen LogP contribution is -1.96. The quantitative estimate of drug-likeness (QED) is 0.939. The SMILES string of the molecule is O=C(O)c1cc(Br)cc(Sc2ccncc2)c1. The van der Waals surface area contributed by atoms with Crippen LogP contribution in [0.25, 0.3) is 0 Å². The number of aromatic carboxylic acids is 1. The van der Waals surface area contributed by atoms with Gasteiger partial charge < -0.3 is 5.11 Å². The average Bonchev–Trinajstić information content (AvgIpc) is 2.29. The first-order chi connectivity index (χ1) is 8.15. The maximum atomic E-state index is 10.9. The Hall–Kier alpha value is -1.33. The number of hydrogen-bond donors (Lipinski definition) is 1. The minimum atomic E-state index is -0.928. The molecule has 1 heterocycles. The highest BCUT2D eigenvalue weighted by atomic mass is 79.9. The highest BCUT2D eigenvalue weighted by molar-refractivity contribution is 9.10. The number of benzene rings is 1. The Kier molecular flexibility index (Phi) is 3.81. The van der Waals surface area contributed by atoms with Crippen molar-refractivity contribution < 1.29 is 9.90 Å². The van der Waals surface area contributed by atoms with E-state index < -0.39 is 5.97 Å². The average molecular weight is 310 g/mol. The van der Waals surface area contributed by atoms with Crippen LogP contribution in [-0.4, -0.2) is 16.1 Å². The number of carboxylic acid groups (broad SMARTS) is 1. The monoisotopic (exact) mass is 309 g/mol. The van der Waals surface area contributed by atoms with E-state index >= 15 is 0 Å². The van der Waals surface area contributed by atoms with Crippen molar-refractivity contribution in [1.29, 1.82) is 0 Å². The molecule has 0 unspecified atom stereocenters. The normalized spacial score (nSPS) is 10.2. The lowest BCUT2D eigenvalue weighted by Gasteiger charge is -2.04. The van der Waals surface area contributed by atoms with Crippen molar-refractivity contribution in [2.75, 3.05) is 0 Å². The molecule has 0 bridgehead atoms. The Labute approximate surface area is 111 Å². The molecule has 0 aliphatic carbocycles. The van der Waals surface area contributed by atoms with E-state index in [9.17, 15) is 4.79 Å². The summed E-state index contributed by atoms with van der Waals surface area (Å²) in [5, 5.41) is 8.96. The van der Waals surface area contributed by atoms with Crippen molar-refractivity contribution in [2.45, 2.75) is 9.79 Å². The minimum Gasteiger partial charge on any atom is -0.478 e. The molecule has 5 heteroatoms. The zero-order valence-electron chi connectivity index (χ0n) is 8.63. The van der Waals surface area contributed by atoms with Crippen molar-refractivity contribution in [1.82, 2.24) is 4.98 Å². The molecule has 0 radical (unpaired) electrons. The topological polar surface area (TPSA) is 50.2 Å². The van der Waals surface area contributed by atoms with E-state index in [1.807, 2.05) is 18.2 Å². The number of rotatable bonds is 3. The van der Waals surface area contributed by atoms with Gasteiger partial charge in [-0.1, -0.05) is 27.7 Å². The zero-order valence-corrected chi connectivity index (χ0v) is 11.0. The van der Waals surface area contributed by atoms with Crippen molar-refractivity contribution in [3.8, 4) is 0 Å². The molecule has 0 saturated heterocycles. The number of nitrogens with zero attached hydrogens (tertiary/aromatic N) is 1. The summed E-state index contributed by atoms with van der Waals surface area (Å²) in [5.41, 5.74) is 0.274. The fourth-order valence-corrected chi connectivity index (χ4v) is 2.83. The Bertz CT molecular complexity index is 545. The molecule has 1 aromatic heterocycles. The van der Waals surface area contributed by atoms with Gasteiger partial charge in [0, 0.05) is 26.7 Å².